The van der Waals surface area contributed by atoms with E-state index in [-0.39, 0.29) is 17.9 Å². The minimum atomic E-state index is 0.168. The third kappa shape index (κ3) is 6.84. The van der Waals surface area contributed by atoms with Gasteiger partial charge in [0.25, 0.3) is 0 Å². The maximum atomic E-state index is 11.7. The molecular weight excluding hydrogens is 368 g/mol. The van der Waals surface area contributed by atoms with Gasteiger partial charge in [0.05, 0.1) is 19.8 Å². The Morgan fingerprint density at radius 1 is 1.07 bits per heavy atom. The normalized spacial score (nSPS) is 17.1. The highest BCUT2D eigenvalue weighted by Gasteiger charge is 2.29. The second-order valence-electron chi connectivity index (χ2n) is 7.70. The van der Waals surface area contributed by atoms with E-state index in [9.17, 15) is 4.79 Å². The van der Waals surface area contributed by atoms with Gasteiger partial charge in [-0.3, -0.25) is 4.79 Å². The summed E-state index contributed by atoms with van der Waals surface area (Å²) in [6, 6.07) is 5.99. The summed E-state index contributed by atoms with van der Waals surface area (Å²) in [5.74, 6) is 2.71. The lowest BCUT2D eigenvalue weighted by atomic mass is 10.2. The fraction of sp³-hybridized carbons (Fsp3) is 0.636. The number of carbonyl (C=O) groups excluding carboxylic acids is 1. The molecule has 0 unspecified atom stereocenters. The summed E-state index contributed by atoms with van der Waals surface area (Å²) in [6.07, 6.45) is 7.02. The van der Waals surface area contributed by atoms with Crippen molar-refractivity contribution in [2.45, 2.75) is 58.1 Å². The predicted octanol–water partition coefficient (Wildman–Crippen LogP) is 2.60. The molecule has 1 aromatic carbocycles. The molecule has 3 N–H and O–H groups in total. The SMILES string of the molecule is CCNC(=NCc1ccc(OC)c(OC2CCCC2)c1)NCCNC(=O)C1CC1. The molecule has 0 spiro atoms. The summed E-state index contributed by atoms with van der Waals surface area (Å²) in [5.41, 5.74) is 1.07. The van der Waals surface area contributed by atoms with Crippen molar-refractivity contribution in [3.63, 3.8) is 0 Å². The van der Waals surface area contributed by atoms with Gasteiger partial charge in [0.2, 0.25) is 5.91 Å². The lowest BCUT2D eigenvalue weighted by molar-refractivity contribution is -0.122. The van der Waals surface area contributed by atoms with Crippen LogP contribution in [0.4, 0.5) is 0 Å². The second kappa shape index (κ2) is 10.9. The van der Waals surface area contributed by atoms with Crippen LogP contribution in [0.2, 0.25) is 0 Å². The number of rotatable bonds is 10. The standard InChI is InChI=1S/C22H34N4O3/c1-3-23-22(25-13-12-24-21(27)17-9-10-17)26-15-16-8-11-19(28-2)20(14-16)29-18-6-4-5-7-18/h8,11,14,17-18H,3-7,9-10,12-13,15H2,1-2H3,(H,24,27)(H2,23,25,26). The Kier molecular flexibility index (Phi) is 8.02. The number of aliphatic imine (C=N–C) groups is 1. The summed E-state index contributed by atoms with van der Waals surface area (Å²) in [4.78, 5) is 16.3. The molecule has 2 fully saturated rings. The van der Waals surface area contributed by atoms with E-state index in [4.69, 9.17) is 9.47 Å². The van der Waals surface area contributed by atoms with Crippen LogP contribution in [0.1, 0.15) is 51.0 Å². The summed E-state index contributed by atoms with van der Waals surface area (Å²) in [7, 11) is 1.67. The van der Waals surface area contributed by atoms with E-state index >= 15 is 0 Å². The Hall–Kier alpha value is -2.44. The molecule has 0 atom stereocenters. The maximum absolute atomic E-state index is 11.7. The summed E-state index contributed by atoms with van der Waals surface area (Å²) >= 11 is 0. The van der Waals surface area contributed by atoms with Crippen LogP contribution >= 0.6 is 0 Å². The Morgan fingerprint density at radius 2 is 1.83 bits per heavy atom. The van der Waals surface area contributed by atoms with E-state index in [0.29, 0.717) is 19.6 Å². The molecule has 3 rings (SSSR count). The Morgan fingerprint density at radius 3 is 2.52 bits per heavy atom. The first-order valence-corrected chi connectivity index (χ1v) is 10.8. The van der Waals surface area contributed by atoms with Gasteiger partial charge in [-0.25, -0.2) is 4.99 Å². The van der Waals surface area contributed by atoms with Gasteiger partial charge >= 0.3 is 0 Å². The molecular formula is C22H34N4O3. The van der Waals surface area contributed by atoms with E-state index in [1.807, 2.05) is 25.1 Å². The molecule has 0 radical (unpaired) electrons. The average Bonchev–Trinajstić information content (AvgIpc) is 3.46. The molecule has 29 heavy (non-hydrogen) atoms. The molecule has 0 aliphatic heterocycles. The molecule has 7 heteroatoms. The molecule has 1 aromatic rings. The molecule has 0 aromatic heterocycles. The van der Waals surface area contributed by atoms with Crippen LogP contribution in [-0.4, -0.2) is 44.7 Å². The number of ether oxygens (including phenoxy) is 2. The zero-order valence-corrected chi connectivity index (χ0v) is 17.6. The van der Waals surface area contributed by atoms with Crippen LogP contribution in [0.15, 0.2) is 23.2 Å². The average molecular weight is 403 g/mol. The molecule has 1 amide bonds. The van der Waals surface area contributed by atoms with Crippen molar-refractivity contribution in [3.8, 4) is 11.5 Å². The third-order valence-electron chi connectivity index (χ3n) is 5.25. The number of hydrogen-bond donors (Lipinski definition) is 3. The van der Waals surface area contributed by atoms with Gasteiger partial charge in [0.1, 0.15) is 0 Å². The van der Waals surface area contributed by atoms with Crippen molar-refractivity contribution >= 4 is 11.9 Å². The molecule has 2 saturated carbocycles. The Labute approximate surface area is 173 Å². The minimum Gasteiger partial charge on any atom is -0.493 e. The van der Waals surface area contributed by atoms with Gasteiger partial charge in [-0.05, 0) is 63.1 Å². The van der Waals surface area contributed by atoms with Crippen molar-refractivity contribution in [3.05, 3.63) is 23.8 Å². The topological polar surface area (TPSA) is 84.0 Å². The quantitative estimate of drug-likeness (QED) is 0.318. The molecule has 0 saturated heterocycles. The highest BCUT2D eigenvalue weighted by Crippen LogP contribution is 2.32. The molecule has 0 heterocycles. The monoisotopic (exact) mass is 402 g/mol. The van der Waals surface area contributed by atoms with E-state index in [0.717, 1.165) is 55.3 Å². The van der Waals surface area contributed by atoms with Crippen molar-refractivity contribution < 1.29 is 14.3 Å². The third-order valence-corrected chi connectivity index (χ3v) is 5.25. The number of hydrogen-bond acceptors (Lipinski definition) is 4. The van der Waals surface area contributed by atoms with E-state index in [1.165, 1.54) is 12.8 Å². The first kappa shape index (κ1) is 21.3. The lowest BCUT2D eigenvalue weighted by Gasteiger charge is -2.17. The van der Waals surface area contributed by atoms with Crippen molar-refractivity contribution in [2.24, 2.45) is 10.9 Å². The zero-order chi connectivity index (χ0) is 20.5. The lowest BCUT2D eigenvalue weighted by Crippen LogP contribution is -2.41. The van der Waals surface area contributed by atoms with Crippen molar-refractivity contribution in [2.75, 3.05) is 26.7 Å². The van der Waals surface area contributed by atoms with Gasteiger partial charge in [0, 0.05) is 25.6 Å². The fourth-order valence-electron chi connectivity index (χ4n) is 3.47. The van der Waals surface area contributed by atoms with Crippen LogP contribution in [0.5, 0.6) is 11.5 Å². The van der Waals surface area contributed by atoms with Gasteiger partial charge in [-0.15, -0.1) is 0 Å². The van der Waals surface area contributed by atoms with Gasteiger partial charge in [0.15, 0.2) is 17.5 Å². The molecule has 2 aliphatic rings. The molecule has 2 aliphatic carbocycles. The van der Waals surface area contributed by atoms with Crippen molar-refractivity contribution in [1.82, 2.24) is 16.0 Å². The molecule has 160 valence electrons. The molecule has 0 bridgehead atoms. The van der Waals surface area contributed by atoms with Crippen LogP contribution in [0.25, 0.3) is 0 Å². The largest absolute Gasteiger partial charge is 0.493 e. The highest BCUT2D eigenvalue weighted by molar-refractivity contribution is 5.81. The fourth-order valence-corrected chi connectivity index (χ4v) is 3.47. The van der Waals surface area contributed by atoms with Crippen LogP contribution < -0.4 is 25.4 Å². The summed E-state index contributed by atoms with van der Waals surface area (Å²) in [5, 5.41) is 9.47. The summed E-state index contributed by atoms with van der Waals surface area (Å²) in [6.45, 7) is 4.59. The number of nitrogens with zero attached hydrogens (tertiary/aromatic N) is 1. The van der Waals surface area contributed by atoms with Crippen LogP contribution in [0, 0.1) is 5.92 Å². The summed E-state index contributed by atoms with van der Waals surface area (Å²) < 4.78 is 11.6. The second-order valence-corrected chi connectivity index (χ2v) is 7.70. The minimum absolute atomic E-state index is 0.168. The first-order valence-electron chi connectivity index (χ1n) is 10.8. The highest BCUT2D eigenvalue weighted by atomic mass is 16.5. The number of guanidine groups is 1. The number of amides is 1. The van der Waals surface area contributed by atoms with Gasteiger partial charge in [-0.1, -0.05) is 6.07 Å². The smallest absolute Gasteiger partial charge is 0.223 e. The van der Waals surface area contributed by atoms with Crippen LogP contribution in [0.3, 0.4) is 0 Å². The van der Waals surface area contributed by atoms with Gasteiger partial charge in [-0.2, -0.15) is 0 Å². The Balaban J connectivity index is 1.53. The predicted molar refractivity (Wildman–Crippen MR) is 114 cm³/mol. The number of carbonyl (C=O) groups is 1. The van der Waals surface area contributed by atoms with Gasteiger partial charge < -0.3 is 25.4 Å². The number of nitrogens with one attached hydrogen (secondary N) is 3. The number of methoxy groups -OCH3 is 1. The van der Waals surface area contributed by atoms with Crippen LogP contribution in [-0.2, 0) is 11.3 Å². The van der Waals surface area contributed by atoms with Crippen molar-refractivity contribution in [1.29, 1.82) is 0 Å². The molecule has 7 nitrogen and oxygen atoms in total. The zero-order valence-electron chi connectivity index (χ0n) is 17.6. The first-order chi connectivity index (χ1) is 14.2. The Bertz CT molecular complexity index is 697. The maximum Gasteiger partial charge on any atom is 0.223 e. The van der Waals surface area contributed by atoms with E-state index in [2.05, 4.69) is 20.9 Å². The van der Waals surface area contributed by atoms with E-state index < -0.39 is 0 Å². The number of benzene rings is 1. The van der Waals surface area contributed by atoms with E-state index in [1.54, 1.807) is 7.11 Å².